The molecule has 0 fully saturated rings. The van der Waals surface area contributed by atoms with Crippen molar-refractivity contribution in [3.8, 4) is 32.3 Å². The van der Waals surface area contributed by atoms with Crippen LogP contribution >= 0.6 is 85.0 Å². The summed E-state index contributed by atoms with van der Waals surface area (Å²) in [7, 11) is 0. The minimum Gasteiger partial charge on any atom is -0.480 e. The number of aromatic nitrogens is 2. The number of carboxylic acid groups (broad SMARTS) is 1. The molecular formula is C34H30BrCl4N3O6S2. The Morgan fingerprint density at radius 2 is 1.32 bits per heavy atom. The fourth-order valence-corrected chi connectivity index (χ4v) is 7.41. The number of carbonyl (C=O) groups excluding carboxylic acids is 2. The van der Waals surface area contributed by atoms with Gasteiger partial charge in [-0.25, -0.2) is 14.8 Å². The van der Waals surface area contributed by atoms with Crippen LogP contribution in [-0.4, -0.2) is 50.5 Å². The lowest BCUT2D eigenvalue weighted by molar-refractivity contribution is -0.146. The Bertz CT molecular complexity index is 1990. The average Bonchev–Trinajstić information content (AvgIpc) is 3.70. The molecule has 0 aliphatic heterocycles. The maximum Gasteiger partial charge on any atom is 0.328 e. The predicted octanol–water partition coefficient (Wildman–Crippen LogP) is 9.47. The van der Waals surface area contributed by atoms with Gasteiger partial charge in [-0.05, 0) is 56.2 Å². The molecule has 0 saturated carbocycles. The van der Waals surface area contributed by atoms with E-state index in [1.807, 2.05) is 35.7 Å². The van der Waals surface area contributed by atoms with Crippen LogP contribution in [0.5, 0.6) is 0 Å². The average molecular weight is 862 g/mol. The van der Waals surface area contributed by atoms with Crippen molar-refractivity contribution in [3.63, 3.8) is 0 Å². The van der Waals surface area contributed by atoms with Crippen LogP contribution in [-0.2, 0) is 32.0 Å². The van der Waals surface area contributed by atoms with Crippen LogP contribution in [0.2, 0.25) is 20.1 Å². The molecule has 0 unspecified atom stereocenters. The van der Waals surface area contributed by atoms with Gasteiger partial charge in [-0.15, -0.1) is 22.7 Å². The maximum atomic E-state index is 12.2. The summed E-state index contributed by atoms with van der Waals surface area (Å²) < 4.78 is 5.71. The summed E-state index contributed by atoms with van der Waals surface area (Å²) in [5.41, 5.74) is 3.40. The van der Waals surface area contributed by atoms with Crippen molar-refractivity contribution < 1.29 is 29.7 Å². The molecular weight excluding hydrogens is 832 g/mol. The number of amides is 1. The Hall–Kier alpha value is -3.07. The highest BCUT2D eigenvalue weighted by atomic mass is 79.9. The van der Waals surface area contributed by atoms with Crippen LogP contribution in [0.1, 0.15) is 32.2 Å². The highest BCUT2D eigenvalue weighted by Gasteiger charge is 2.29. The van der Waals surface area contributed by atoms with Gasteiger partial charge in [0.15, 0.2) is 0 Å². The first-order valence-electron chi connectivity index (χ1n) is 14.5. The van der Waals surface area contributed by atoms with Crippen LogP contribution in [0.4, 0.5) is 0 Å². The Morgan fingerprint density at radius 3 is 1.88 bits per heavy atom. The number of ether oxygens (including phenoxy) is 1. The van der Waals surface area contributed by atoms with E-state index in [-0.39, 0.29) is 24.3 Å². The molecule has 0 saturated heterocycles. The number of rotatable bonds is 10. The number of nitrogens with zero attached hydrogens (tertiary/aromatic N) is 2. The first kappa shape index (κ1) is 41.4. The Kier molecular flexibility index (Phi) is 15.2. The third kappa shape index (κ3) is 11.0. The van der Waals surface area contributed by atoms with Crippen molar-refractivity contribution >= 4 is 103 Å². The number of carbonyl (C=O) groups is 3. The SMILES string of the molecule is CC(C)(NC(=O)Cc1csc(-c2cc(Cl)c(Cl)cc2-c2ccccc2)n1)C(=O)O.CCOC(=O)Cc1csc(-c2cc(Cl)c(Cl)cc2Br)n1.O. The van der Waals surface area contributed by atoms with Gasteiger partial charge in [0.25, 0.3) is 0 Å². The maximum absolute atomic E-state index is 12.2. The highest BCUT2D eigenvalue weighted by Crippen LogP contribution is 2.40. The number of hydrogen-bond acceptors (Lipinski definition) is 8. The molecule has 2 heterocycles. The van der Waals surface area contributed by atoms with Crippen LogP contribution < -0.4 is 5.32 Å². The number of aliphatic carboxylic acids is 1. The van der Waals surface area contributed by atoms with Crippen LogP contribution in [0.15, 0.2) is 69.8 Å². The zero-order valence-electron chi connectivity index (χ0n) is 26.7. The Morgan fingerprint density at radius 1 is 0.820 bits per heavy atom. The van der Waals surface area contributed by atoms with E-state index in [4.69, 9.17) is 56.2 Å². The fraction of sp³-hybridized carbons (Fsp3) is 0.206. The van der Waals surface area contributed by atoms with Gasteiger partial charge in [-0.3, -0.25) is 9.59 Å². The molecule has 16 heteroatoms. The van der Waals surface area contributed by atoms with Crippen molar-refractivity contribution in [2.45, 2.75) is 39.2 Å². The summed E-state index contributed by atoms with van der Waals surface area (Å²) >= 11 is 30.7. The van der Waals surface area contributed by atoms with Crippen LogP contribution in [0.25, 0.3) is 32.3 Å². The van der Waals surface area contributed by atoms with Crippen LogP contribution in [0.3, 0.4) is 0 Å². The van der Waals surface area contributed by atoms with Gasteiger partial charge < -0.3 is 20.6 Å². The molecule has 264 valence electrons. The van der Waals surface area contributed by atoms with Crippen molar-refractivity contribution in [1.29, 1.82) is 0 Å². The number of hydrogen-bond donors (Lipinski definition) is 2. The normalized spacial score (nSPS) is 10.8. The van der Waals surface area contributed by atoms with E-state index in [1.165, 1.54) is 36.5 Å². The van der Waals surface area contributed by atoms with Gasteiger partial charge in [0.2, 0.25) is 5.91 Å². The van der Waals surface area contributed by atoms with Gasteiger partial charge in [0.05, 0.1) is 50.9 Å². The molecule has 5 rings (SSSR count). The first-order valence-corrected chi connectivity index (χ1v) is 18.5. The molecule has 0 radical (unpaired) electrons. The summed E-state index contributed by atoms with van der Waals surface area (Å²) in [5, 5.41) is 18.5. The molecule has 9 nitrogen and oxygen atoms in total. The lowest BCUT2D eigenvalue weighted by Crippen LogP contribution is -2.50. The summed E-state index contributed by atoms with van der Waals surface area (Å²) in [5.74, 6) is -1.79. The Labute approximate surface area is 325 Å². The van der Waals surface area contributed by atoms with Crippen molar-refractivity contribution in [3.05, 3.63) is 101 Å². The largest absolute Gasteiger partial charge is 0.480 e. The number of carboxylic acids is 1. The molecule has 2 aromatic heterocycles. The fourth-order valence-electron chi connectivity index (χ4n) is 4.26. The number of thiazole rings is 2. The second kappa shape index (κ2) is 18.4. The van der Waals surface area contributed by atoms with Gasteiger partial charge in [0, 0.05) is 26.4 Å². The zero-order chi connectivity index (χ0) is 35.9. The summed E-state index contributed by atoms with van der Waals surface area (Å²) in [6.07, 6.45) is 0.151. The summed E-state index contributed by atoms with van der Waals surface area (Å²) in [6.45, 7) is 5.01. The van der Waals surface area contributed by atoms with E-state index in [1.54, 1.807) is 36.6 Å². The number of nitrogens with one attached hydrogen (secondary N) is 1. The molecule has 50 heavy (non-hydrogen) atoms. The summed E-state index contributed by atoms with van der Waals surface area (Å²) in [6, 6.07) is 16.8. The molecule has 1 amide bonds. The van der Waals surface area contributed by atoms with E-state index < -0.39 is 17.4 Å². The standard InChI is InChI=1S/C21H18Cl2N2O3S.C13H10BrCl2NO2S.H2O/c1-21(2,20(27)28)25-18(26)8-13-11-29-19(24-13)15-10-17(23)16(22)9-14(15)12-6-4-3-5-7-12;1-2-19-12(18)3-7-6-20-13(17-7)8-4-10(15)11(16)5-9(8)14;/h3-7,9-11H,8H2,1-2H3,(H,25,26)(H,27,28);4-6H,2-3H2,1H3;1H2. The van der Waals surface area contributed by atoms with Crippen molar-refractivity contribution in [1.82, 2.24) is 15.3 Å². The molecule has 3 aromatic carbocycles. The van der Waals surface area contributed by atoms with Crippen LogP contribution in [0, 0.1) is 0 Å². The van der Waals surface area contributed by atoms with Gasteiger partial charge >= 0.3 is 11.9 Å². The monoisotopic (exact) mass is 859 g/mol. The second-order valence-corrected chi connectivity index (χ2v) is 15.0. The highest BCUT2D eigenvalue weighted by molar-refractivity contribution is 9.10. The minimum absolute atomic E-state index is 0. The van der Waals surface area contributed by atoms with E-state index in [0.29, 0.717) is 43.1 Å². The van der Waals surface area contributed by atoms with E-state index in [9.17, 15) is 14.4 Å². The zero-order valence-corrected chi connectivity index (χ0v) is 32.9. The number of benzene rings is 3. The topological polar surface area (TPSA) is 150 Å². The van der Waals surface area contributed by atoms with Gasteiger partial charge in [-0.1, -0.05) is 92.7 Å². The molecule has 0 atom stereocenters. The predicted molar refractivity (Wildman–Crippen MR) is 206 cm³/mol. The van der Waals surface area contributed by atoms with Gasteiger partial charge in [-0.2, -0.15) is 0 Å². The van der Waals surface area contributed by atoms with Crippen molar-refractivity contribution in [2.24, 2.45) is 0 Å². The number of halogens is 5. The van der Waals surface area contributed by atoms with E-state index in [2.05, 4.69) is 31.2 Å². The third-order valence-corrected chi connectivity index (χ3v) is 10.6. The molecule has 0 bridgehead atoms. The quantitative estimate of drug-likeness (QED) is 0.105. The minimum atomic E-state index is -1.35. The third-order valence-electron chi connectivity index (χ3n) is 6.68. The van der Waals surface area contributed by atoms with Gasteiger partial charge in [0.1, 0.15) is 15.6 Å². The molecule has 0 aliphatic carbocycles. The Balaban J connectivity index is 0.000000283. The molecule has 0 aliphatic rings. The molecule has 0 spiro atoms. The first-order chi connectivity index (χ1) is 23.2. The lowest BCUT2D eigenvalue weighted by atomic mass is 10.00. The lowest BCUT2D eigenvalue weighted by Gasteiger charge is -2.20. The van der Waals surface area contributed by atoms with E-state index >= 15 is 0 Å². The second-order valence-electron chi connectivity index (χ2n) is 10.8. The number of esters is 1. The molecule has 5 aromatic rings. The van der Waals surface area contributed by atoms with E-state index in [0.717, 1.165) is 31.7 Å². The summed E-state index contributed by atoms with van der Waals surface area (Å²) in [4.78, 5) is 43.8. The van der Waals surface area contributed by atoms with Crippen molar-refractivity contribution in [2.75, 3.05) is 6.61 Å². The smallest absolute Gasteiger partial charge is 0.328 e. The molecule has 4 N–H and O–H groups in total.